The third kappa shape index (κ3) is 19.4. The van der Waals surface area contributed by atoms with Crippen LogP contribution in [0.4, 0.5) is 48.7 Å². The normalized spacial score (nSPS) is 14.0. The molecule has 0 aliphatic heterocycles. The standard InChI is InChI=1S/C7H8F6O2.C5H11F.C2H5F.CF2O/c1-4(8)5(2,9)6(10,11)15-7(12,13)14-3;1-3-5(2)4-6;1-2-3;2-1(3)4/h1H2,2-3H3;5H,3-4H2,1-2H3;2H2,1H3;. The van der Waals surface area contributed by atoms with Gasteiger partial charge in [-0.1, -0.05) is 26.8 Å². The molecule has 0 saturated heterocycles. The fraction of sp³-hybridized carbons (Fsp3) is 0.800. The highest BCUT2D eigenvalue weighted by atomic mass is 19.3. The molecule has 13 heteroatoms. The van der Waals surface area contributed by atoms with Gasteiger partial charge in [0.25, 0.3) is 0 Å². The molecule has 0 aliphatic carbocycles. The summed E-state index contributed by atoms with van der Waals surface area (Å²) in [6, 6.07) is 0. The Bertz CT molecular complexity index is 409. The Morgan fingerprint density at radius 2 is 1.36 bits per heavy atom. The van der Waals surface area contributed by atoms with E-state index in [-0.39, 0.29) is 26.2 Å². The molecule has 28 heavy (non-hydrogen) atoms. The molecule has 3 nitrogen and oxygen atoms in total. The van der Waals surface area contributed by atoms with Crippen molar-refractivity contribution in [1.82, 2.24) is 0 Å². The minimum Gasteiger partial charge on any atom is -0.299 e. The number of methoxy groups -OCH3 is 1. The molecule has 0 rings (SSSR count). The Labute approximate surface area is 156 Å². The average molecular weight is 442 g/mol. The summed E-state index contributed by atoms with van der Waals surface area (Å²) in [6.07, 6.45) is -11.7. The second-order valence-corrected chi connectivity index (χ2v) is 4.85. The molecule has 2 unspecified atom stereocenters. The highest BCUT2D eigenvalue weighted by molar-refractivity contribution is 5.55. The van der Waals surface area contributed by atoms with Gasteiger partial charge in [-0.3, -0.25) is 13.5 Å². The quantitative estimate of drug-likeness (QED) is 0.241. The molecule has 0 heterocycles. The lowest BCUT2D eigenvalue weighted by Crippen LogP contribution is -2.48. The van der Waals surface area contributed by atoms with Gasteiger partial charge < -0.3 is 0 Å². The lowest BCUT2D eigenvalue weighted by atomic mass is 10.1. The van der Waals surface area contributed by atoms with Gasteiger partial charge in [0.15, 0.2) is 0 Å². The van der Waals surface area contributed by atoms with E-state index in [1.165, 1.54) is 6.92 Å². The highest BCUT2D eigenvalue weighted by Crippen LogP contribution is 2.42. The summed E-state index contributed by atoms with van der Waals surface area (Å²) in [5.74, 6) is -1.87. The van der Waals surface area contributed by atoms with Crippen LogP contribution in [0.2, 0.25) is 0 Å². The molecule has 0 aromatic rings. The second kappa shape index (κ2) is 16.6. The molecule has 0 aromatic heterocycles. The summed E-state index contributed by atoms with van der Waals surface area (Å²) in [4.78, 5) is 8.11. The van der Waals surface area contributed by atoms with Crippen LogP contribution < -0.4 is 0 Å². The molecular formula is C15H24F10O3. The zero-order valence-corrected chi connectivity index (χ0v) is 15.9. The first kappa shape index (κ1) is 34.2. The summed E-state index contributed by atoms with van der Waals surface area (Å²) in [5, 5.41) is 0. The lowest BCUT2D eigenvalue weighted by molar-refractivity contribution is -0.477. The van der Waals surface area contributed by atoms with Crippen LogP contribution in [0.5, 0.6) is 0 Å². The van der Waals surface area contributed by atoms with Gasteiger partial charge in [0, 0.05) is 7.11 Å². The monoisotopic (exact) mass is 442 g/mol. The van der Waals surface area contributed by atoms with Crippen molar-refractivity contribution in [2.75, 3.05) is 20.5 Å². The van der Waals surface area contributed by atoms with Crippen molar-refractivity contribution in [1.29, 1.82) is 0 Å². The average Bonchev–Trinajstić information content (AvgIpc) is 2.53. The number of carbonyl (C=O) groups is 1. The molecule has 0 spiro atoms. The third-order valence-corrected chi connectivity index (χ3v) is 2.50. The van der Waals surface area contributed by atoms with Crippen molar-refractivity contribution >= 4 is 6.29 Å². The minimum absolute atomic E-state index is 0.0150. The van der Waals surface area contributed by atoms with E-state index >= 15 is 0 Å². The van der Waals surface area contributed by atoms with Gasteiger partial charge in [0.05, 0.1) is 13.3 Å². The van der Waals surface area contributed by atoms with E-state index < -0.39 is 30.2 Å². The largest absolute Gasteiger partial charge is 0.490 e. The summed E-state index contributed by atoms with van der Waals surface area (Å²) in [6.45, 7) is 7.21. The first-order valence-corrected chi connectivity index (χ1v) is 7.43. The van der Waals surface area contributed by atoms with E-state index in [9.17, 15) is 43.9 Å². The molecule has 0 saturated carbocycles. The molecular weight excluding hydrogens is 418 g/mol. The van der Waals surface area contributed by atoms with Crippen LogP contribution in [-0.2, 0) is 9.47 Å². The number of rotatable bonds is 7. The molecule has 0 aromatic carbocycles. The molecule has 0 N–H and O–H groups in total. The van der Waals surface area contributed by atoms with Crippen LogP contribution in [0.15, 0.2) is 12.4 Å². The van der Waals surface area contributed by atoms with Crippen molar-refractivity contribution in [3.05, 3.63) is 12.4 Å². The Hall–Kier alpha value is -1.37. The first-order valence-electron chi connectivity index (χ1n) is 7.43. The number of hydrogen-bond donors (Lipinski definition) is 0. The molecule has 0 amide bonds. The van der Waals surface area contributed by atoms with Gasteiger partial charge in [0.1, 0.15) is 5.83 Å². The van der Waals surface area contributed by atoms with Crippen LogP contribution in [0, 0.1) is 5.92 Å². The maximum atomic E-state index is 12.9. The smallest absolute Gasteiger partial charge is 0.299 e. The van der Waals surface area contributed by atoms with Crippen LogP contribution in [0.1, 0.15) is 34.1 Å². The van der Waals surface area contributed by atoms with Crippen molar-refractivity contribution in [3.8, 4) is 0 Å². The summed E-state index contributed by atoms with van der Waals surface area (Å²) in [7, 11) is 0.357. The number of halogens is 10. The molecule has 0 bridgehead atoms. The van der Waals surface area contributed by atoms with Crippen LogP contribution in [0.25, 0.3) is 0 Å². The first-order chi connectivity index (χ1) is 12.4. The lowest BCUT2D eigenvalue weighted by Gasteiger charge is -2.29. The van der Waals surface area contributed by atoms with E-state index in [1.54, 1.807) is 0 Å². The van der Waals surface area contributed by atoms with Crippen molar-refractivity contribution < 1.29 is 58.2 Å². The van der Waals surface area contributed by atoms with Gasteiger partial charge >= 0.3 is 18.7 Å². The fourth-order valence-electron chi connectivity index (χ4n) is 0.554. The fourth-order valence-corrected chi connectivity index (χ4v) is 0.554. The van der Waals surface area contributed by atoms with E-state index in [2.05, 4.69) is 16.1 Å². The predicted octanol–water partition coefficient (Wildman–Crippen LogP) is 7.03. The third-order valence-electron chi connectivity index (χ3n) is 2.50. The zero-order valence-electron chi connectivity index (χ0n) is 15.9. The topological polar surface area (TPSA) is 35.5 Å². The van der Waals surface area contributed by atoms with Crippen molar-refractivity contribution in [2.24, 2.45) is 5.92 Å². The van der Waals surface area contributed by atoms with E-state index in [0.29, 0.717) is 7.11 Å². The van der Waals surface area contributed by atoms with E-state index in [1.807, 2.05) is 13.8 Å². The second-order valence-electron chi connectivity index (χ2n) is 4.85. The van der Waals surface area contributed by atoms with E-state index in [0.717, 1.165) is 6.42 Å². The van der Waals surface area contributed by atoms with Gasteiger partial charge in [-0.15, -0.1) is 17.6 Å². The molecule has 0 fully saturated rings. The molecule has 172 valence electrons. The van der Waals surface area contributed by atoms with Crippen LogP contribution in [-0.4, -0.2) is 44.8 Å². The Kier molecular flexibility index (Phi) is 20.2. The maximum absolute atomic E-state index is 12.9. The minimum atomic E-state index is -5.11. The Morgan fingerprint density at radius 1 is 1.04 bits per heavy atom. The molecule has 0 radical (unpaired) electrons. The van der Waals surface area contributed by atoms with Crippen LogP contribution in [0.3, 0.4) is 0 Å². The summed E-state index contributed by atoms with van der Waals surface area (Å²) < 4.78 is 122. The van der Waals surface area contributed by atoms with Crippen molar-refractivity contribution in [3.63, 3.8) is 0 Å². The SMILES string of the molecule is C=C(F)C(C)(F)C(F)(F)OC(F)(F)OC.CCC(C)CF.CCF.O=C(F)F. The zero-order chi connectivity index (χ0) is 23.8. The number of hydrogen-bond acceptors (Lipinski definition) is 3. The highest BCUT2D eigenvalue weighted by Gasteiger charge is 2.60. The molecule has 2 atom stereocenters. The summed E-state index contributed by atoms with van der Waals surface area (Å²) >= 11 is 0. The van der Waals surface area contributed by atoms with E-state index in [4.69, 9.17) is 4.79 Å². The van der Waals surface area contributed by atoms with Gasteiger partial charge in [-0.25, -0.2) is 18.3 Å². The van der Waals surface area contributed by atoms with Gasteiger partial charge in [0.2, 0.25) is 5.67 Å². The number of alkyl halides is 7. The summed E-state index contributed by atoms with van der Waals surface area (Å²) in [5.41, 5.74) is -4.07. The predicted molar refractivity (Wildman–Crippen MR) is 82.4 cm³/mol. The molecule has 0 aliphatic rings. The Balaban J connectivity index is -0.000000181. The number of carbonyl (C=O) groups excluding carboxylic acids is 1. The maximum Gasteiger partial charge on any atom is 0.490 e. The van der Waals surface area contributed by atoms with Gasteiger partial charge in [-0.05, 0) is 19.8 Å². The Morgan fingerprint density at radius 3 is 1.50 bits per heavy atom. The number of ether oxygens (including phenoxy) is 2. The van der Waals surface area contributed by atoms with Crippen molar-refractivity contribution in [2.45, 2.75) is 52.2 Å². The van der Waals surface area contributed by atoms with Gasteiger partial charge in [-0.2, -0.15) is 8.78 Å². The van der Waals surface area contributed by atoms with Crippen LogP contribution >= 0.6 is 0 Å².